The van der Waals surface area contributed by atoms with Crippen molar-refractivity contribution in [1.82, 2.24) is 4.31 Å². The van der Waals surface area contributed by atoms with E-state index in [0.717, 1.165) is 10.8 Å². The molecule has 0 bridgehead atoms. The summed E-state index contributed by atoms with van der Waals surface area (Å²) in [4.78, 5) is 13.0. The fraction of sp³-hybridized carbons (Fsp3) is 0.320. The van der Waals surface area contributed by atoms with Crippen LogP contribution < -0.4 is 4.74 Å². The molecule has 2 aliphatic rings. The Morgan fingerprint density at radius 2 is 1.55 bits per heavy atom. The van der Waals surface area contributed by atoms with Gasteiger partial charge in [-0.25, -0.2) is 8.42 Å². The molecule has 0 N–H and O–H groups in total. The summed E-state index contributed by atoms with van der Waals surface area (Å²) >= 11 is 3.88. The van der Waals surface area contributed by atoms with Gasteiger partial charge in [-0.15, -0.1) is 23.5 Å². The molecule has 3 aromatic rings. The number of ether oxygens (including phenoxy) is 1. The van der Waals surface area contributed by atoms with Crippen LogP contribution >= 0.6 is 23.5 Å². The molecule has 0 saturated carbocycles. The average Bonchev–Trinajstić information content (AvgIpc) is 3.39. The maximum atomic E-state index is 13.1. The highest BCUT2D eigenvalue weighted by atomic mass is 32.2. The molecule has 0 unspecified atom stereocenters. The second-order valence-corrected chi connectivity index (χ2v) is 12.9. The topological polar surface area (TPSA) is 63.7 Å². The maximum absolute atomic E-state index is 13.1. The standard InChI is InChI=1S/C25H25NO4S3/c27-24(30-22-8-5-20(6-9-22)25-31-15-16-32-25)19-11-13-26(14-12-19)33(28,29)23-10-7-18-3-1-2-4-21(18)17-23/h1-10,17,19,25H,11-16H2. The van der Waals surface area contributed by atoms with E-state index in [4.69, 9.17) is 4.74 Å². The predicted octanol–water partition coefficient (Wildman–Crippen LogP) is 5.32. The number of benzene rings is 3. The lowest BCUT2D eigenvalue weighted by Gasteiger charge is -2.30. The Hall–Kier alpha value is -2.00. The number of fused-ring (bicyclic) bond motifs is 1. The molecule has 0 atom stereocenters. The van der Waals surface area contributed by atoms with Crippen LogP contribution in [0.3, 0.4) is 0 Å². The lowest BCUT2D eigenvalue weighted by atomic mass is 9.98. The monoisotopic (exact) mass is 499 g/mol. The van der Waals surface area contributed by atoms with Crippen LogP contribution in [0.15, 0.2) is 71.6 Å². The van der Waals surface area contributed by atoms with Gasteiger partial charge in [-0.2, -0.15) is 4.31 Å². The normalized spacial score (nSPS) is 18.5. The zero-order chi connectivity index (χ0) is 22.8. The molecule has 2 fully saturated rings. The molecule has 5 rings (SSSR count). The lowest BCUT2D eigenvalue weighted by molar-refractivity contribution is -0.140. The first-order valence-electron chi connectivity index (χ1n) is 11.0. The third kappa shape index (κ3) is 4.94. The molecule has 5 nitrogen and oxygen atoms in total. The van der Waals surface area contributed by atoms with Crippen molar-refractivity contribution in [3.05, 3.63) is 72.3 Å². The van der Waals surface area contributed by atoms with Crippen LogP contribution in [0.1, 0.15) is 23.0 Å². The smallest absolute Gasteiger partial charge is 0.314 e. The number of hydrogen-bond donors (Lipinski definition) is 0. The summed E-state index contributed by atoms with van der Waals surface area (Å²) in [5.41, 5.74) is 1.24. The van der Waals surface area contributed by atoms with Gasteiger partial charge < -0.3 is 4.74 Å². The number of thioether (sulfide) groups is 2. The van der Waals surface area contributed by atoms with Crippen molar-refractivity contribution in [2.24, 2.45) is 5.92 Å². The van der Waals surface area contributed by atoms with E-state index >= 15 is 0 Å². The van der Waals surface area contributed by atoms with Crippen molar-refractivity contribution < 1.29 is 17.9 Å². The molecule has 0 amide bonds. The number of carbonyl (C=O) groups excluding carboxylic acids is 1. The van der Waals surface area contributed by atoms with Crippen LogP contribution in [-0.2, 0) is 14.8 Å². The zero-order valence-electron chi connectivity index (χ0n) is 18.1. The van der Waals surface area contributed by atoms with Crippen molar-refractivity contribution >= 4 is 50.3 Å². The first-order chi connectivity index (χ1) is 16.0. The number of piperidine rings is 1. The Balaban J connectivity index is 1.19. The van der Waals surface area contributed by atoms with Gasteiger partial charge in [0.2, 0.25) is 10.0 Å². The Morgan fingerprint density at radius 3 is 2.24 bits per heavy atom. The zero-order valence-corrected chi connectivity index (χ0v) is 20.5. The van der Waals surface area contributed by atoms with Crippen molar-refractivity contribution in [3.8, 4) is 5.75 Å². The van der Waals surface area contributed by atoms with Gasteiger partial charge >= 0.3 is 5.97 Å². The third-order valence-electron chi connectivity index (χ3n) is 6.14. The van der Waals surface area contributed by atoms with E-state index < -0.39 is 10.0 Å². The molecule has 33 heavy (non-hydrogen) atoms. The molecule has 2 aliphatic heterocycles. The summed E-state index contributed by atoms with van der Waals surface area (Å²) in [7, 11) is -3.60. The van der Waals surface area contributed by atoms with Gasteiger partial charge in [0.05, 0.1) is 15.4 Å². The molecule has 0 aliphatic carbocycles. The molecule has 0 aromatic heterocycles. The van der Waals surface area contributed by atoms with Crippen molar-refractivity contribution in [1.29, 1.82) is 0 Å². The molecule has 0 radical (unpaired) electrons. The van der Waals surface area contributed by atoms with Crippen molar-refractivity contribution in [2.75, 3.05) is 24.6 Å². The number of nitrogens with zero attached hydrogens (tertiary/aromatic N) is 1. The molecule has 172 valence electrons. The molecule has 8 heteroatoms. The van der Waals surface area contributed by atoms with E-state index in [2.05, 4.69) is 0 Å². The van der Waals surface area contributed by atoms with Crippen LogP contribution in [0.4, 0.5) is 0 Å². The number of hydrogen-bond acceptors (Lipinski definition) is 6. The Bertz CT molecular complexity index is 1250. The van der Waals surface area contributed by atoms with E-state index in [-0.39, 0.29) is 11.9 Å². The Kier molecular flexibility index (Phi) is 6.69. The van der Waals surface area contributed by atoms with Crippen LogP contribution in [0.25, 0.3) is 10.8 Å². The van der Waals surface area contributed by atoms with Gasteiger partial charge in [0, 0.05) is 24.6 Å². The minimum atomic E-state index is -3.60. The molecular formula is C25H25NO4S3. The largest absolute Gasteiger partial charge is 0.426 e. The Morgan fingerprint density at radius 1 is 0.879 bits per heavy atom. The van der Waals surface area contributed by atoms with E-state index in [1.807, 2.05) is 78.1 Å². The van der Waals surface area contributed by atoms with Crippen molar-refractivity contribution in [3.63, 3.8) is 0 Å². The fourth-order valence-electron chi connectivity index (χ4n) is 4.25. The SMILES string of the molecule is O=C(Oc1ccc(C2SCCS2)cc1)C1CCN(S(=O)(=O)c2ccc3ccccc3c2)CC1. The number of esters is 1. The predicted molar refractivity (Wildman–Crippen MR) is 135 cm³/mol. The van der Waals surface area contributed by atoms with Gasteiger partial charge in [0.25, 0.3) is 0 Å². The second-order valence-electron chi connectivity index (χ2n) is 8.25. The Labute approximate surface area is 202 Å². The van der Waals surface area contributed by atoms with Gasteiger partial charge in [0.15, 0.2) is 0 Å². The van der Waals surface area contributed by atoms with Crippen molar-refractivity contribution in [2.45, 2.75) is 22.3 Å². The first-order valence-corrected chi connectivity index (χ1v) is 14.6. The molecule has 2 saturated heterocycles. The summed E-state index contributed by atoms with van der Waals surface area (Å²) < 4.78 is 33.8. The summed E-state index contributed by atoms with van der Waals surface area (Å²) in [5, 5.41) is 1.90. The van der Waals surface area contributed by atoms with E-state index in [1.54, 1.807) is 12.1 Å². The van der Waals surface area contributed by atoms with E-state index in [1.165, 1.54) is 21.4 Å². The molecule has 3 aromatic carbocycles. The third-order valence-corrected chi connectivity index (χ3v) is 11.1. The van der Waals surface area contributed by atoms with Crippen LogP contribution in [0, 0.1) is 5.92 Å². The van der Waals surface area contributed by atoms with Crippen LogP contribution in [-0.4, -0.2) is 43.3 Å². The fourth-order valence-corrected chi connectivity index (χ4v) is 8.62. The minimum absolute atomic E-state index is 0.282. The summed E-state index contributed by atoms with van der Waals surface area (Å²) in [6, 6.07) is 20.7. The molecule has 0 spiro atoms. The van der Waals surface area contributed by atoms with Gasteiger partial charge in [0.1, 0.15) is 5.75 Å². The summed E-state index contributed by atoms with van der Waals surface area (Å²) in [6.45, 7) is 0.619. The highest BCUT2D eigenvalue weighted by molar-refractivity contribution is 8.19. The number of sulfonamides is 1. The van der Waals surface area contributed by atoms with Gasteiger partial charge in [-0.1, -0.05) is 42.5 Å². The number of rotatable bonds is 5. The van der Waals surface area contributed by atoms with E-state index in [0.29, 0.717) is 41.2 Å². The second kappa shape index (κ2) is 9.70. The maximum Gasteiger partial charge on any atom is 0.314 e. The highest BCUT2D eigenvalue weighted by Crippen LogP contribution is 2.45. The van der Waals surface area contributed by atoms with Crippen LogP contribution in [0.5, 0.6) is 5.75 Å². The quantitative estimate of drug-likeness (QED) is 0.350. The minimum Gasteiger partial charge on any atom is -0.426 e. The van der Waals surface area contributed by atoms with Gasteiger partial charge in [-0.05, 0) is 53.4 Å². The summed E-state index contributed by atoms with van der Waals surface area (Å²) in [5.74, 6) is 2.30. The average molecular weight is 500 g/mol. The summed E-state index contributed by atoms with van der Waals surface area (Å²) in [6.07, 6.45) is 0.915. The van der Waals surface area contributed by atoms with E-state index in [9.17, 15) is 13.2 Å². The van der Waals surface area contributed by atoms with Gasteiger partial charge in [-0.3, -0.25) is 4.79 Å². The number of carbonyl (C=O) groups is 1. The first kappa shape index (κ1) is 22.8. The molecule has 2 heterocycles. The lowest BCUT2D eigenvalue weighted by Crippen LogP contribution is -2.41. The molecular weight excluding hydrogens is 474 g/mol. The highest BCUT2D eigenvalue weighted by Gasteiger charge is 2.33. The van der Waals surface area contributed by atoms with Crippen LogP contribution in [0.2, 0.25) is 0 Å².